The topological polar surface area (TPSA) is 32.3 Å². The standard InChI is InChI=1S/C18H23NOS/c1-13-7-8-17(18(9-13)21-3)11-19-14(2)16-6-4-5-15(10-16)12-20/h4-10,14,19-20H,11-12H2,1-3H3. The summed E-state index contributed by atoms with van der Waals surface area (Å²) in [7, 11) is 0. The average molecular weight is 301 g/mol. The van der Waals surface area contributed by atoms with Gasteiger partial charge in [0.2, 0.25) is 0 Å². The molecular weight excluding hydrogens is 278 g/mol. The number of benzene rings is 2. The van der Waals surface area contributed by atoms with Crippen molar-refractivity contribution in [1.29, 1.82) is 0 Å². The lowest BCUT2D eigenvalue weighted by atomic mass is 10.0. The highest BCUT2D eigenvalue weighted by Gasteiger charge is 2.07. The van der Waals surface area contributed by atoms with Gasteiger partial charge in [0.1, 0.15) is 0 Å². The van der Waals surface area contributed by atoms with Crippen molar-refractivity contribution in [2.24, 2.45) is 0 Å². The average Bonchev–Trinajstić information content (AvgIpc) is 2.53. The van der Waals surface area contributed by atoms with Crippen LogP contribution < -0.4 is 5.32 Å². The van der Waals surface area contributed by atoms with Gasteiger partial charge >= 0.3 is 0 Å². The molecule has 0 aliphatic rings. The number of aliphatic hydroxyl groups is 1. The lowest BCUT2D eigenvalue weighted by Crippen LogP contribution is -2.18. The molecule has 0 fully saturated rings. The lowest BCUT2D eigenvalue weighted by Gasteiger charge is -2.16. The number of hydrogen-bond donors (Lipinski definition) is 2. The summed E-state index contributed by atoms with van der Waals surface area (Å²) in [6.45, 7) is 5.22. The van der Waals surface area contributed by atoms with E-state index in [1.165, 1.54) is 21.6 Å². The Morgan fingerprint density at radius 2 is 2.00 bits per heavy atom. The quantitative estimate of drug-likeness (QED) is 0.789. The van der Waals surface area contributed by atoms with Gasteiger partial charge in [0.25, 0.3) is 0 Å². The van der Waals surface area contributed by atoms with Gasteiger partial charge in [-0.25, -0.2) is 0 Å². The molecule has 0 heterocycles. The first kappa shape index (κ1) is 16.1. The highest BCUT2D eigenvalue weighted by molar-refractivity contribution is 7.98. The van der Waals surface area contributed by atoms with Gasteiger partial charge in [-0.1, -0.05) is 36.4 Å². The zero-order chi connectivity index (χ0) is 15.2. The van der Waals surface area contributed by atoms with E-state index in [1.54, 1.807) is 11.8 Å². The van der Waals surface area contributed by atoms with Crippen LogP contribution in [0.2, 0.25) is 0 Å². The van der Waals surface area contributed by atoms with Crippen LogP contribution in [-0.2, 0) is 13.2 Å². The van der Waals surface area contributed by atoms with Crippen molar-refractivity contribution < 1.29 is 5.11 Å². The van der Waals surface area contributed by atoms with Gasteiger partial charge in [-0.3, -0.25) is 0 Å². The molecule has 2 aromatic carbocycles. The molecule has 0 saturated carbocycles. The van der Waals surface area contributed by atoms with E-state index in [9.17, 15) is 5.11 Å². The van der Waals surface area contributed by atoms with Crippen molar-refractivity contribution in [2.45, 2.75) is 37.9 Å². The Labute approximate surface area is 131 Å². The Bertz CT molecular complexity index is 598. The molecule has 112 valence electrons. The summed E-state index contributed by atoms with van der Waals surface area (Å²) in [6, 6.07) is 15.0. The SMILES string of the molecule is CSc1cc(C)ccc1CNC(C)c1cccc(CO)c1. The maximum absolute atomic E-state index is 9.22. The van der Waals surface area contributed by atoms with Crippen molar-refractivity contribution in [3.8, 4) is 0 Å². The van der Waals surface area contributed by atoms with Crippen LogP contribution >= 0.6 is 11.8 Å². The molecular formula is C18H23NOS. The second-order valence-corrected chi connectivity index (χ2v) is 6.17. The molecule has 0 amide bonds. The van der Waals surface area contributed by atoms with E-state index in [0.717, 1.165) is 12.1 Å². The first-order chi connectivity index (χ1) is 10.1. The van der Waals surface area contributed by atoms with Crippen LogP contribution in [0.3, 0.4) is 0 Å². The number of aliphatic hydroxyl groups excluding tert-OH is 1. The van der Waals surface area contributed by atoms with Crippen molar-refractivity contribution >= 4 is 11.8 Å². The predicted molar refractivity (Wildman–Crippen MR) is 90.6 cm³/mol. The van der Waals surface area contributed by atoms with E-state index in [0.29, 0.717) is 0 Å². The van der Waals surface area contributed by atoms with Crippen LogP contribution in [0.25, 0.3) is 0 Å². The molecule has 2 N–H and O–H groups in total. The molecule has 3 heteroatoms. The first-order valence-electron chi connectivity index (χ1n) is 7.20. The highest BCUT2D eigenvalue weighted by atomic mass is 32.2. The third-order valence-corrected chi connectivity index (χ3v) is 4.49. The third-order valence-electron chi connectivity index (χ3n) is 3.67. The molecule has 0 aliphatic carbocycles. The van der Waals surface area contributed by atoms with Gasteiger partial charge in [-0.15, -0.1) is 11.8 Å². The molecule has 0 aliphatic heterocycles. The van der Waals surface area contributed by atoms with E-state index < -0.39 is 0 Å². The zero-order valence-corrected chi connectivity index (χ0v) is 13.7. The summed E-state index contributed by atoms with van der Waals surface area (Å²) in [5.41, 5.74) is 4.80. The fourth-order valence-corrected chi connectivity index (χ4v) is 3.05. The molecule has 21 heavy (non-hydrogen) atoms. The third kappa shape index (κ3) is 4.34. The summed E-state index contributed by atoms with van der Waals surface area (Å²) in [6.07, 6.45) is 2.12. The molecule has 0 saturated heterocycles. The Balaban J connectivity index is 2.05. The number of hydrogen-bond acceptors (Lipinski definition) is 3. The molecule has 0 aromatic heterocycles. The number of aryl methyl sites for hydroxylation is 1. The fraction of sp³-hybridized carbons (Fsp3) is 0.333. The van der Waals surface area contributed by atoms with E-state index in [-0.39, 0.29) is 12.6 Å². The lowest BCUT2D eigenvalue weighted by molar-refractivity contribution is 0.281. The van der Waals surface area contributed by atoms with Gasteiger partial charge in [-0.2, -0.15) is 0 Å². The number of nitrogens with one attached hydrogen (secondary N) is 1. The van der Waals surface area contributed by atoms with Crippen LogP contribution in [0.15, 0.2) is 47.4 Å². The normalized spacial score (nSPS) is 12.4. The number of thioether (sulfide) groups is 1. The Hall–Kier alpha value is -1.29. The summed E-state index contributed by atoms with van der Waals surface area (Å²) in [5.74, 6) is 0. The van der Waals surface area contributed by atoms with Gasteiger partial charge in [0.05, 0.1) is 6.61 Å². The Morgan fingerprint density at radius 3 is 2.71 bits per heavy atom. The largest absolute Gasteiger partial charge is 0.392 e. The van der Waals surface area contributed by atoms with E-state index in [4.69, 9.17) is 0 Å². The second-order valence-electron chi connectivity index (χ2n) is 5.32. The molecule has 1 unspecified atom stereocenters. The summed E-state index contributed by atoms with van der Waals surface area (Å²) in [4.78, 5) is 1.33. The smallest absolute Gasteiger partial charge is 0.0681 e. The molecule has 2 aromatic rings. The second kappa shape index (κ2) is 7.64. The molecule has 0 radical (unpaired) electrons. The van der Waals surface area contributed by atoms with E-state index in [2.05, 4.69) is 55.8 Å². The minimum Gasteiger partial charge on any atom is -0.392 e. The van der Waals surface area contributed by atoms with Gasteiger partial charge in [-0.05, 0) is 48.4 Å². The van der Waals surface area contributed by atoms with E-state index >= 15 is 0 Å². The first-order valence-corrected chi connectivity index (χ1v) is 8.43. The summed E-state index contributed by atoms with van der Waals surface area (Å²) < 4.78 is 0. The van der Waals surface area contributed by atoms with Crippen LogP contribution in [0, 0.1) is 6.92 Å². The Kier molecular flexibility index (Phi) is 5.85. The van der Waals surface area contributed by atoms with Crippen molar-refractivity contribution in [3.05, 3.63) is 64.7 Å². The Morgan fingerprint density at radius 1 is 1.19 bits per heavy atom. The van der Waals surface area contributed by atoms with Crippen molar-refractivity contribution in [2.75, 3.05) is 6.26 Å². The molecule has 1 atom stereocenters. The van der Waals surface area contributed by atoms with Crippen molar-refractivity contribution in [3.63, 3.8) is 0 Å². The molecule has 0 spiro atoms. The van der Waals surface area contributed by atoms with Crippen LogP contribution in [0.1, 0.15) is 35.2 Å². The molecule has 0 bridgehead atoms. The molecule has 2 rings (SSSR count). The van der Waals surface area contributed by atoms with Gasteiger partial charge < -0.3 is 10.4 Å². The zero-order valence-electron chi connectivity index (χ0n) is 12.9. The monoisotopic (exact) mass is 301 g/mol. The van der Waals surface area contributed by atoms with Crippen LogP contribution in [0.5, 0.6) is 0 Å². The summed E-state index contributed by atoms with van der Waals surface area (Å²) >= 11 is 1.79. The fourth-order valence-electron chi connectivity index (χ4n) is 2.34. The minimum atomic E-state index is 0.0924. The van der Waals surface area contributed by atoms with Crippen LogP contribution in [0.4, 0.5) is 0 Å². The number of rotatable bonds is 6. The minimum absolute atomic E-state index is 0.0924. The van der Waals surface area contributed by atoms with Gasteiger partial charge in [0.15, 0.2) is 0 Å². The maximum atomic E-state index is 9.22. The highest BCUT2D eigenvalue weighted by Crippen LogP contribution is 2.23. The van der Waals surface area contributed by atoms with E-state index in [1.807, 2.05) is 12.1 Å². The van der Waals surface area contributed by atoms with Crippen molar-refractivity contribution in [1.82, 2.24) is 5.32 Å². The predicted octanol–water partition coefficient (Wildman–Crippen LogP) is 4.06. The molecule has 2 nitrogen and oxygen atoms in total. The van der Waals surface area contributed by atoms with Crippen LogP contribution in [-0.4, -0.2) is 11.4 Å². The van der Waals surface area contributed by atoms with Gasteiger partial charge in [0, 0.05) is 17.5 Å². The summed E-state index contributed by atoms with van der Waals surface area (Å²) in [5, 5.41) is 12.8. The maximum Gasteiger partial charge on any atom is 0.0681 e.